The Kier molecular flexibility index (Phi) is 3.27. The Bertz CT molecular complexity index is 843. The highest BCUT2D eigenvalue weighted by molar-refractivity contribution is 6.30. The van der Waals surface area contributed by atoms with Crippen LogP contribution in [0.1, 0.15) is 29.8 Å². The van der Waals surface area contributed by atoms with Gasteiger partial charge in [-0.25, -0.2) is 0 Å². The second-order valence-corrected chi connectivity index (χ2v) is 6.80. The molecule has 0 radical (unpaired) electrons. The molecule has 0 amide bonds. The highest BCUT2D eigenvalue weighted by Crippen LogP contribution is 2.53. The third kappa shape index (κ3) is 2.36. The molecule has 0 N–H and O–H groups in total. The minimum Gasteiger partial charge on any atom is -0.313 e. The zero-order valence-electron chi connectivity index (χ0n) is 13.3. The lowest BCUT2D eigenvalue weighted by Gasteiger charge is -2.15. The molecular formula is C19H18ClN3. The van der Waals surface area contributed by atoms with E-state index in [2.05, 4.69) is 65.1 Å². The summed E-state index contributed by atoms with van der Waals surface area (Å²) >= 11 is 6.02. The fourth-order valence-electron chi connectivity index (χ4n) is 3.24. The van der Waals surface area contributed by atoms with Crippen molar-refractivity contribution in [3.63, 3.8) is 0 Å². The van der Waals surface area contributed by atoms with Gasteiger partial charge < -0.3 is 4.57 Å². The van der Waals surface area contributed by atoms with Crippen LogP contribution >= 0.6 is 11.6 Å². The third-order valence-electron chi connectivity index (χ3n) is 4.76. The van der Waals surface area contributed by atoms with Crippen LogP contribution in [-0.2, 0) is 12.5 Å². The van der Waals surface area contributed by atoms with E-state index in [0.29, 0.717) is 0 Å². The summed E-state index contributed by atoms with van der Waals surface area (Å²) in [6.45, 7) is 2.09. The zero-order chi connectivity index (χ0) is 16.0. The lowest BCUT2D eigenvalue weighted by Crippen LogP contribution is -2.15. The number of aryl methyl sites for hydroxylation is 1. The molecule has 0 aliphatic heterocycles. The summed E-state index contributed by atoms with van der Waals surface area (Å²) in [6, 6.07) is 16.5. The second-order valence-electron chi connectivity index (χ2n) is 6.36. The third-order valence-corrected chi connectivity index (χ3v) is 5.01. The Morgan fingerprint density at radius 2 is 1.61 bits per heavy atom. The van der Waals surface area contributed by atoms with Crippen molar-refractivity contribution in [2.45, 2.75) is 25.2 Å². The van der Waals surface area contributed by atoms with E-state index in [-0.39, 0.29) is 5.41 Å². The van der Waals surface area contributed by atoms with Gasteiger partial charge in [-0.3, -0.25) is 0 Å². The largest absolute Gasteiger partial charge is 0.313 e. The molecule has 3 aromatic rings. The first-order valence-corrected chi connectivity index (χ1v) is 8.21. The second kappa shape index (κ2) is 5.20. The standard InChI is InChI=1S/C19H18ClN3/c1-13-3-5-14(6-4-13)17-21-22-18(23(17)2)19(11-12-19)15-7-9-16(20)10-8-15/h3-10H,11-12H2,1-2H3. The summed E-state index contributed by atoms with van der Waals surface area (Å²) in [5.74, 6) is 1.95. The molecule has 4 heteroatoms. The van der Waals surface area contributed by atoms with Gasteiger partial charge in [-0.2, -0.15) is 0 Å². The summed E-state index contributed by atoms with van der Waals surface area (Å²) < 4.78 is 2.13. The number of halogens is 1. The summed E-state index contributed by atoms with van der Waals surface area (Å²) in [4.78, 5) is 0. The van der Waals surface area contributed by atoms with Crippen molar-refractivity contribution in [1.29, 1.82) is 0 Å². The van der Waals surface area contributed by atoms with Crippen LogP contribution in [0.25, 0.3) is 11.4 Å². The Morgan fingerprint density at radius 1 is 0.957 bits per heavy atom. The van der Waals surface area contributed by atoms with Gasteiger partial charge >= 0.3 is 0 Å². The van der Waals surface area contributed by atoms with Crippen LogP contribution in [0.5, 0.6) is 0 Å². The van der Waals surface area contributed by atoms with E-state index in [9.17, 15) is 0 Å². The SMILES string of the molecule is Cc1ccc(-c2nnc(C3(c4ccc(Cl)cc4)CC3)n2C)cc1. The van der Waals surface area contributed by atoms with E-state index in [0.717, 1.165) is 35.1 Å². The first kappa shape index (κ1) is 14.5. The van der Waals surface area contributed by atoms with E-state index < -0.39 is 0 Å². The van der Waals surface area contributed by atoms with Gasteiger partial charge in [0.1, 0.15) is 5.82 Å². The molecule has 3 nitrogen and oxygen atoms in total. The van der Waals surface area contributed by atoms with Crippen LogP contribution in [0.4, 0.5) is 0 Å². The highest BCUT2D eigenvalue weighted by Gasteiger charge is 2.49. The molecule has 1 aliphatic rings. The van der Waals surface area contributed by atoms with Crippen molar-refractivity contribution in [2.75, 3.05) is 0 Å². The van der Waals surface area contributed by atoms with E-state index in [1.165, 1.54) is 11.1 Å². The smallest absolute Gasteiger partial charge is 0.163 e. The van der Waals surface area contributed by atoms with E-state index in [1.807, 2.05) is 12.1 Å². The van der Waals surface area contributed by atoms with Crippen molar-refractivity contribution in [3.05, 3.63) is 70.5 Å². The maximum atomic E-state index is 6.02. The first-order chi connectivity index (χ1) is 11.1. The Balaban J connectivity index is 1.76. The molecule has 4 rings (SSSR count). The van der Waals surface area contributed by atoms with E-state index in [4.69, 9.17) is 11.6 Å². The zero-order valence-corrected chi connectivity index (χ0v) is 14.0. The van der Waals surface area contributed by atoms with E-state index >= 15 is 0 Å². The molecule has 0 bridgehead atoms. The van der Waals surface area contributed by atoms with Gasteiger partial charge in [0.25, 0.3) is 0 Å². The topological polar surface area (TPSA) is 30.7 Å². The Labute approximate surface area is 140 Å². The number of benzene rings is 2. The van der Waals surface area contributed by atoms with E-state index in [1.54, 1.807) is 0 Å². The van der Waals surface area contributed by atoms with Gasteiger partial charge in [0.05, 0.1) is 5.41 Å². The maximum absolute atomic E-state index is 6.02. The highest BCUT2D eigenvalue weighted by atomic mass is 35.5. The number of nitrogens with zero attached hydrogens (tertiary/aromatic N) is 3. The summed E-state index contributed by atoms with van der Waals surface area (Å²) in [5.41, 5.74) is 3.61. The van der Waals surface area contributed by atoms with Crippen LogP contribution in [0.15, 0.2) is 48.5 Å². The number of hydrogen-bond acceptors (Lipinski definition) is 2. The minimum atomic E-state index is -0.00468. The summed E-state index contributed by atoms with van der Waals surface area (Å²) in [6.07, 6.45) is 2.21. The number of rotatable bonds is 3. The fraction of sp³-hybridized carbons (Fsp3) is 0.263. The van der Waals surface area contributed by atoms with Crippen LogP contribution in [0, 0.1) is 6.92 Å². The van der Waals surface area contributed by atoms with Gasteiger partial charge in [-0.15, -0.1) is 10.2 Å². The molecule has 1 aliphatic carbocycles. The van der Waals surface area contributed by atoms with Gasteiger partial charge in [-0.1, -0.05) is 53.6 Å². The summed E-state index contributed by atoms with van der Waals surface area (Å²) in [7, 11) is 2.06. The van der Waals surface area contributed by atoms with Crippen LogP contribution in [0.2, 0.25) is 5.02 Å². The van der Waals surface area contributed by atoms with Crippen LogP contribution < -0.4 is 0 Å². The predicted octanol–water partition coefficient (Wildman–Crippen LogP) is 4.52. The molecule has 116 valence electrons. The molecule has 2 aromatic carbocycles. The van der Waals surface area contributed by atoms with Crippen molar-refractivity contribution in [2.24, 2.45) is 7.05 Å². The monoisotopic (exact) mass is 323 g/mol. The van der Waals surface area contributed by atoms with Crippen LogP contribution in [-0.4, -0.2) is 14.8 Å². The minimum absolute atomic E-state index is 0.00468. The average molecular weight is 324 g/mol. The molecule has 23 heavy (non-hydrogen) atoms. The van der Waals surface area contributed by atoms with Gasteiger partial charge in [-0.05, 0) is 37.5 Å². The molecule has 1 heterocycles. The molecule has 1 fully saturated rings. The lowest BCUT2D eigenvalue weighted by molar-refractivity contribution is 0.694. The Hall–Kier alpha value is -2.13. The molecule has 0 unspecified atom stereocenters. The van der Waals surface area contributed by atoms with Gasteiger partial charge in [0, 0.05) is 17.6 Å². The van der Waals surface area contributed by atoms with Crippen molar-refractivity contribution in [1.82, 2.24) is 14.8 Å². The van der Waals surface area contributed by atoms with Gasteiger partial charge in [0.15, 0.2) is 5.82 Å². The van der Waals surface area contributed by atoms with Gasteiger partial charge in [0.2, 0.25) is 0 Å². The van der Waals surface area contributed by atoms with Crippen LogP contribution in [0.3, 0.4) is 0 Å². The van der Waals surface area contributed by atoms with Crippen molar-refractivity contribution >= 4 is 11.6 Å². The predicted molar refractivity (Wildman–Crippen MR) is 92.6 cm³/mol. The molecule has 0 spiro atoms. The number of hydrogen-bond donors (Lipinski definition) is 0. The Morgan fingerprint density at radius 3 is 2.22 bits per heavy atom. The van der Waals surface area contributed by atoms with Crippen molar-refractivity contribution in [3.8, 4) is 11.4 Å². The van der Waals surface area contributed by atoms with Crippen molar-refractivity contribution < 1.29 is 0 Å². The summed E-state index contributed by atoms with van der Waals surface area (Å²) in [5, 5.41) is 9.75. The normalized spacial score (nSPS) is 15.6. The molecular weight excluding hydrogens is 306 g/mol. The lowest BCUT2D eigenvalue weighted by atomic mass is 9.95. The molecule has 1 saturated carbocycles. The molecule has 0 saturated heterocycles. The first-order valence-electron chi connectivity index (χ1n) is 7.83. The average Bonchev–Trinajstić information content (AvgIpc) is 3.26. The quantitative estimate of drug-likeness (QED) is 0.709. The molecule has 0 atom stereocenters. The number of aromatic nitrogens is 3. The molecule has 1 aromatic heterocycles. The fourth-order valence-corrected chi connectivity index (χ4v) is 3.36. The maximum Gasteiger partial charge on any atom is 0.163 e.